The second-order valence-corrected chi connectivity index (χ2v) is 4.89. The van der Waals surface area contributed by atoms with Crippen LogP contribution in [0.25, 0.3) is 0 Å². The topological polar surface area (TPSA) is 35.5 Å². The van der Waals surface area contributed by atoms with Gasteiger partial charge >= 0.3 is 0 Å². The van der Waals surface area contributed by atoms with Crippen LogP contribution in [-0.4, -0.2) is 31.9 Å². The first kappa shape index (κ1) is 15.3. The Morgan fingerprint density at radius 1 is 1.44 bits per heavy atom. The summed E-state index contributed by atoms with van der Waals surface area (Å²) in [5.41, 5.74) is 2.21. The highest BCUT2D eigenvalue weighted by Crippen LogP contribution is 2.27. The molecule has 0 aliphatic heterocycles. The minimum absolute atomic E-state index is 0.216. The van der Waals surface area contributed by atoms with Crippen LogP contribution in [-0.2, 0) is 0 Å². The third-order valence-electron chi connectivity index (χ3n) is 3.05. The van der Waals surface area contributed by atoms with Gasteiger partial charge in [0.15, 0.2) is 0 Å². The minimum Gasteiger partial charge on any atom is -0.396 e. The summed E-state index contributed by atoms with van der Waals surface area (Å²) in [6, 6.07) is 6.40. The first-order chi connectivity index (χ1) is 8.60. The Labute approximate surface area is 115 Å². The molecule has 0 saturated carbocycles. The highest BCUT2D eigenvalue weighted by molar-refractivity contribution is 6.31. The second-order valence-electron chi connectivity index (χ2n) is 4.48. The maximum atomic E-state index is 8.83. The van der Waals surface area contributed by atoms with Gasteiger partial charge in [-0.15, -0.1) is 0 Å². The van der Waals surface area contributed by atoms with E-state index in [2.05, 4.69) is 36.2 Å². The van der Waals surface area contributed by atoms with Crippen molar-refractivity contribution in [3.05, 3.63) is 28.8 Å². The van der Waals surface area contributed by atoms with Gasteiger partial charge in [0.2, 0.25) is 0 Å². The largest absolute Gasteiger partial charge is 0.396 e. The van der Waals surface area contributed by atoms with Gasteiger partial charge in [0.25, 0.3) is 0 Å². The lowest BCUT2D eigenvalue weighted by molar-refractivity contribution is 0.290. The van der Waals surface area contributed by atoms with Crippen LogP contribution in [0.1, 0.15) is 31.9 Å². The van der Waals surface area contributed by atoms with E-state index < -0.39 is 0 Å². The molecular formula is C14H23ClN2O. The normalized spacial score (nSPS) is 12.5. The average Bonchev–Trinajstić information content (AvgIpc) is 2.35. The van der Waals surface area contributed by atoms with Gasteiger partial charge in [-0.3, -0.25) is 0 Å². The van der Waals surface area contributed by atoms with Crippen molar-refractivity contribution in [1.82, 2.24) is 5.32 Å². The summed E-state index contributed by atoms with van der Waals surface area (Å²) in [7, 11) is 2.01. The first-order valence-corrected chi connectivity index (χ1v) is 6.82. The fourth-order valence-electron chi connectivity index (χ4n) is 1.96. The highest BCUT2D eigenvalue weighted by Gasteiger charge is 2.10. The van der Waals surface area contributed by atoms with Gasteiger partial charge < -0.3 is 15.3 Å². The molecule has 3 nitrogen and oxygen atoms in total. The van der Waals surface area contributed by atoms with Crippen molar-refractivity contribution in [3.63, 3.8) is 0 Å². The molecule has 0 radical (unpaired) electrons. The predicted molar refractivity (Wildman–Crippen MR) is 78.5 cm³/mol. The molecule has 1 aromatic rings. The van der Waals surface area contributed by atoms with E-state index in [9.17, 15) is 0 Å². The molecule has 0 bridgehead atoms. The molecule has 2 N–H and O–H groups in total. The van der Waals surface area contributed by atoms with E-state index >= 15 is 0 Å². The number of halogens is 1. The zero-order valence-corrected chi connectivity index (χ0v) is 12.2. The number of nitrogens with one attached hydrogen (secondary N) is 1. The Morgan fingerprint density at radius 3 is 2.72 bits per heavy atom. The Balaban J connectivity index is 2.78. The third kappa shape index (κ3) is 4.16. The van der Waals surface area contributed by atoms with Crippen LogP contribution in [0.15, 0.2) is 18.2 Å². The molecule has 1 atom stereocenters. The smallest absolute Gasteiger partial charge is 0.0474 e. The lowest BCUT2D eigenvalue weighted by atomic mass is 10.1. The van der Waals surface area contributed by atoms with E-state index in [1.807, 2.05) is 13.1 Å². The zero-order valence-electron chi connectivity index (χ0n) is 11.4. The standard InChI is InChI=1S/C14H23ClN2O/c1-4-16-11(2)13-7-6-12(10-14(13)15)17(3)8-5-9-18/h6-7,10-11,16,18H,4-5,8-9H2,1-3H3. The van der Waals surface area contributed by atoms with Gasteiger partial charge in [0.05, 0.1) is 0 Å². The Hall–Kier alpha value is -0.770. The molecule has 0 aliphatic carbocycles. The molecule has 1 unspecified atom stereocenters. The summed E-state index contributed by atoms with van der Waals surface area (Å²) in [4.78, 5) is 2.10. The maximum absolute atomic E-state index is 8.83. The number of anilines is 1. The molecule has 102 valence electrons. The van der Waals surface area contributed by atoms with Gasteiger partial charge in [-0.2, -0.15) is 0 Å². The molecule has 0 saturated heterocycles. The van der Waals surface area contributed by atoms with E-state index in [1.54, 1.807) is 0 Å². The summed E-state index contributed by atoms with van der Waals surface area (Å²) in [5.74, 6) is 0. The molecule has 1 aromatic carbocycles. The fraction of sp³-hybridized carbons (Fsp3) is 0.571. The molecule has 0 aliphatic rings. The number of nitrogens with zero attached hydrogens (tertiary/aromatic N) is 1. The molecule has 0 spiro atoms. The Morgan fingerprint density at radius 2 is 2.17 bits per heavy atom. The molecule has 0 heterocycles. The molecule has 4 heteroatoms. The Bertz CT molecular complexity index is 371. The van der Waals surface area contributed by atoms with Gasteiger partial charge in [0, 0.05) is 37.0 Å². The van der Waals surface area contributed by atoms with Crippen LogP contribution in [0, 0.1) is 0 Å². The van der Waals surface area contributed by atoms with Crippen molar-refractivity contribution < 1.29 is 5.11 Å². The summed E-state index contributed by atoms with van der Waals surface area (Å²) < 4.78 is 0. The number of rotatable bonds is 7. The first-order valence-electron chi connectivity index (χ1n) is 6.45. The van der Waals surface area contributed by atoms with Crippen molar-refractivity contribution in [2.75, 3.05) is 31.6 Å². The van der Waals surface area contributed by atoms with Gasteiger partial charge in [-0.25, -0.2) is 0 Å². The summed E-state index contributed by atoms with van der Waals surface area (Å²) in [5, 5.41) is 13.0. The van der Waals surface area contributed by atoms with Crippen molar-refractivity contribution >= 4 is 17.3 Å². The van der Waals surface area contributed by atoms with Gasteiger partial charge in [-0.05, 0) is 37.6 Å². The minimum atomic E-state index is 0.216. The quantitative estimate of drug-likeness (QED) is 0.800. The van der Waals surface area contributed by atoms with Crippen LogP contribution in [0.3, 0.4) is 0 Å². The van der Waals surface area contributed by atoms with Gasteiger partial charge in [-0.1, -0.05) is 24.6 Å². The molecule has 0 amide bonds. The van der Waals surface area contributed by atoms with E-state index in [0.717, 1.165) is 35.8 Å². The van der Waals surface area contributed by atoms with E-state index in [1.165, 1.54) is 0 Å². The summed E-state index contributed by atoms with van der Waals surface area (Å²) >= 11 is 6.32. The number of hydrogen-bond acceptors (Lipinski definition) is 3. The summed E-state index contributed by atoms with van der Waals surface area (Å²) in [6.07, 6.45) is 0.768. The van der Waals surface area contributed by atoms with Crippen LogP contribution >= 0.6 is 11.6 Å². The van der Waals surface area contributed by atoms with E-state index in [0.29, 0.717) is 0 Å². The highest BCUT2D eigenvalue weighted by atomic mass is 35.5. The van der Waals surface area contributed by atoms with Crippen LogP contribution in [0.2, 0.25) is 5.02 Å². The predicted octanol–water partition coefficient (Wildman–Crippen LogP) is 2.83. The molecule has 1 rings (SSSR count). The van der Waals surface area contributed by atoms with E-state index in [-0.39, 0.29) is 12.6 Å². The molecule has 18 heavy (non-hydrogen) atoms. The molecular weight excluding hydrogens is 248 g/mol. The third-order valence-corrected chi connectivity index (χ3v) is 3.38. The van der Waals surface area contributed by atoms with Gasteiger partial charge in [0.1, 0.15) is 0 Å². The SMILES string of the molecule is CCNC(C)c1ccc(N(C)CCCO)cc1Cl. The van der Waals surface area contributed by atoms with Crippen LogP contribution in [0.4, 0.5) is 5.69 Å². The van der Waals surface area contributed by atoms with E-state index in [4.69, 9.17) is 16.7 Å². The molecule has 0 fully saturated rings. The zero-order chi connectivity index (χ0) is 13.5. The monoisotopic (exact) mass is 270 g/mol. The maximum Gasteiger partial charge on any atom is 0.0474 e. The fourth-order valence-corrected chi connectivity index (χ4v) is 2.30. The van der Waals surface area contributed by atoms with Crippen molar-refractivity contribution in [2.24, 2.45) is 0 Å². The van der Waals surface area contributed by atoms with Crippen molar-refractivity contribution in [2.45, 2.75) is 26.3 Å². The number of hydrogen-bond donors (Lipinski definition) is 2. The van der Waals surface area contributed by atoms with Crippen LogP contribution < -0.4 is 10.2 Å². The number of aliphatic hydroxyl groups is 1. The lowest BCUT2D eigenvalue weighted by Crippen LogP contribution is -2.20. The Kier molecular flexibility index (Phi) is 6.47. The van der Waals surface area contributed by atoms with Crippen molar-refractivity contribution in [1.29, 1.82) is 0 Å². The molecule has 0 aromatic heterocycles. The average molecular weight is 271 g/mol. The lowest BCUT2D eigenvalue weighted by Gasteiger charge is -2.21. The number of aliphatic hydroxyl groups excluding tert-OH is 1. The number of benzene rings is 1. The second kappa shape index (κ2) is 7.62. The summed E-state index contributed by atoms with van der Waals surface area (Å²) in [6.45, 7) is 6.17. The van der Waals surface area contributed by atoms with Crippen LogP contribution in [0.5, 0.6) is 0 Å². The van der Waals surface area contributed by atoms with Crippen molar-refractivity contribution in [3.8, 4) is 0 Å².